The van der Waals surface area contributed by atoms with E-state index in [1.54, 1.807) is 48.7 Å². The Bertz CT molecular complexity index is 1350. The smallest absolute Gasteiger partial charge is 0.249 e. The SMILES string of the molecule is CCc1cc(F)cc(C(Nc2ccc(C(=N)N)cc2)c2nc(-c3ccccc3C(N)=O)c[nH]2)c1. The van der Waals surface area contributed by atoms with Gasteiger partial charge in [0.1, 0.15) is 23.5 Å². The molecule has 0 radical (unpaired) electrons. The van der Waals surface area contributed by atoms with Crippen molar-refractivity contribution in [3.05, 3.63) is 107 Å². The van der Waals surface area contributed by atoms with E-state index in [9.17, 15) is 9.18 Å². The summed E-state index contributed by atoms with van der Waals surface area (Å²) < 4.78 is 14.4. The van der Waals surface area contributed by atoms with Crippen LogP contribution in [0.3, 0.4) is 0 Å². The highest BCUT2D eigenvalue weighted by atomic mass is 19.1. The lowest BCUT2D eigenvalue weighted by atomic mass is 10.0. The van der Waals surface area contributed by atoms with Crippen LogP contribution in [-0.2, 0) is 6.42 Å². The number of aromatic amines is 1. The number of amidine groups is 1. The largest absolute Gasteiger partial charge is 0.384 e. The van der Waals surface area contributed by atoms with Gasteiger partial charge in [-0.2, -0.15) is 0 Å². The maximum absolute atomic E-state index is 14.4. The van der Waals surface area contributed by atoms with Crippen molar-refractivity contribution >= 4 is 17.4 Å². The molecule has 0 aliphatic rings. The maximum Gasteiger partial charge on any atom is 0.249 e. The van der Waals surface area contributed by atoms with Gasteiger partial charge in [0.15, 0.2) is 0 Å². The van der Waals surface area contributed by atoms with E-state index in [1.807, 2.05) is 19.1 Å². The average molecular weight is 457 g/mol. The third kappa shape index (κ3) is 4.80. The lowest BCUT2D eigenvalue weighted by Crippen LogP contribution is -2.15. The van der Waals surface area contributed by atoms with E-state index in [2.05, 4.69) is 10.3 Å². The van der Waals surface area contributed by atoms with Gasteiger partial charge in [0, 0.05) is 28.6 Å². The van der Waals surface area contributed by atoms with E-state index in [-0.39, 0.29) is 11.7 Å². The fraction of sp³-hybridized carbons (Fsp3) is 0.115. The molecular formula is C26H25FN6O. The second-order valence-electron chi connectivity index (χ2n) is 7.90. The van der Waals surface area contributed by atoms with Gasteiger partial charge in [-0.1, -0.05) is 31.2 Å². The Morgan fingerprint density at radius 3 is 2.53 bits per heavy atom. The van der Waals surface area contributed by atoms with Crippen LogP contribution in [0.4, 0.5) is 10.1 Å². The first-order chi connectivity index (χ1) is 16.4. The zero-order valence-electron chi connectivity index (χ0n) is 18.6. The van der Waals surface area contributed by atoms with Crippen LogP contribution in [0.2, 0.25) is 0 Å². The molecule has 1 heterocycles. The molecule has 0 saturated carbocycles. The van der Waals surface area contributed by atoms with Crippen LogP contribution in [0.25, 0.3) is 11.3 Å². The maximum atomic E-state index is 14.4. The highest BCUT2D eigenvalue weighted by Crippen LogP contribution is 2.30. The first-order valence-electron chi connectivity index (χ1n) is 10.8. The Balaban J connectivity index is 1.77. The third-order valence-corrected chi connectivity index (χ3v) is 5.57. The number of hydrogen-bond acceptors (Lipinski definition) is 4. The molecule has 1 atom stereocenters. The second-order valence-corrected chi connectivity index (χ2v) is 7.90. The summed E-state index contributed by atoms with van der Waals surface area (Å²) in [4.78, 5) is 19.8. The number of aryl methyl sites for hydroxylation is 1. The van der Waals surface area contributed by atoms with Crippen molar-refractivity contribution in [3.8, 4) is 11.3 Å². The fourth-order valence-corrected chi connectivity index (χ4v) is 3.81. The Morgan fingerprint density at radius 2 is 1.85 bits per heavy atom. The number of carbonyl (C=O) groups excluding carboxylic acids is 1. The molecule has 172 valence electrons. The Kier molecular flexibility index (Phi) is 6.40. The van der Waals surface area contributed by atoms with Gasteiger partial charge >= 0.3 is 0 Å². The van der Waals surface area contributed by atoms with Gasteiger partial charge in [0.2, 0.25) is 5.91 Å². The van der Waals surface area contributed by atoms with Gasteiger partial charge in [-0.3, -0.25) is 10.2 Å². The number of anilines is 1. The molecule has 1 unspecified atom stereocenters. The molecule has 1 aromatic heterocycles. The van der Waals surface area contributed by atoms with Crippen LogP contribution in [0, 0.1) is 11.2 Å². The van der Waals surface area contributed by atoms with Crippen LogP contribution in [0.1, 0.15) is 45.8 Å². The summed E-state index contributed by atoms with van der Waals surface area (Å²) in [6.45, 7) is 1.97. The van der Waals surface area contributed by atoms with Crippen molar-refractivity contribution in [2.24, 2.45) is 11.5 Å². The highest BCUT2D eigenvalue weighted by Gasteiger charge is 2.21. The monoisotopic (exact) mass is 456 g/mol. The predicted molar refractivity (Wildman–Crippen MR) is 131 cm³/mol. The number of nitrogens with zero attached hydrogens (tertiary/aromatic N) is 1. The predicted octanol–water partition coefficient (Wildman–Crippen LogP) is 4.36. The third-order valence-electron chi connectivity index (χ3n) is 5.57. The molecule has 0 bridgehead atoms. The number of benzene rings is 3. The molecule has 0 spiro atoms. The first kappa shape index (κ1) is 22.7. The lowest BCUT2D eigenvalue weighted by Gasteiger charge is -2.20. The van der Waals surface area contributed by atoms with Crippen molar-refractivity contribution in [1.82, 2.24) is 9.97 Å². The van der Waals surface area contributed by atoms with Crippen molar-refractivity contribution in [1.29, 1.82) is 5.41 Å². The average Bonchev–Trinajstić information content (AvgIpc) is 3.32. The molecule has 4 rings (SSSR count). The van der Waals surface area contributed by atoms with E-state index < -0.39 is 11.9 Å². The Morgan fingerprint density at radius 1 is 1.12 bits per heavy atom. The first-order valence-corrected chi connectivity index (χ1v) is 10.8. The molecule has 7 N–H and O–H groups in total. The topological polar surface area (TPSA) is 134 Å². The summed E-state index contributed by atoms with van der Waals surface area (Å²) in [5, 5.41) is 11.0. The van der Waals surface area contributed by atoms with E-state index >= 15 is 0 Å². The standard InChI is InChI=1S/C26H25FN6O/c1-2-15-11-17(13-18(27)12-15)23(32-19-9-7-16(8-10-19)24(28)29)26-31-14-22(33-26)20-5-3-4-6-21(20)25(30)34/h3-14,23,32H,2H2,1H3,(H3,28,29)(H2,30,34)(H,31,33). The number of hydrogen-bond donors (Lipinski definition) is 5. The molecule has 3 aromatic carbocycles. The number of H-pyrrole nitrogens is 1. The van der Waals surface area contributed by atoms with Crippen LogP contribution in [0.15, 0.2) is 72.9 Å². The fourth-order valence-electron chi connectivity index (χ4n) is 3.81. The van der Waals surface area contributed by atoms with Gasteiger partial charge in [0.25, 0.3) is 0 Å². The summed E-state index contributed by atoms with van der Waals surface area (Å²) in [6, 6.07) is 18.5. The molecule has 7 nitrogen and oxygen atoms in total. The van der Waals surface area contributed by atoms with E-state index in [0.717, 1.165) is 11.3 Å². The zero-order chi connectivity index (χ0) is 24.2. The summed E-state index contributed by atoms with van der Waals surface area (Å²) in [7, 11) is 0. The number of amides is 1. The Hall–Kier alpha value is -4.46. The quantitative estimate of drug-likeness (QED) is 0.199. The molecule has 0 aliphatic carbocycles. The van der Waals surface area contributed by atoms with Gasteiger partial charge in [-0.15, -0.1) is 0 Å². The zero-order valence-corrected chi connectivity index (χ0v) is 18.6. The number of imidazole rings is 1. The van der Waals surface area contributed by atoms with Crippen LogP contribution in [0.5, 0.6) is 0 Å². The van der Waals surface area contributed by atoms with Crippen molar-refractivity contribution in [2.45, 2.75) is 19.4 Å². The lowest BCUT2D eigenvalue weighted by molar-refractivity contribution is 0.100. The number of nitrogens with one attached hydrogen (secondary N) is 3. The van der Waals surface area contributed by atoms with Crippen LogP contribution < -0.4 is 16.8 Å². The number of primary amides is 1. The van der Waals surface area contributed by atoms with E-state index in [0.29, 0.717) is 40.2 Å². The number of rotatable bonds is 8. The molecular weight excluding hydrogens is 431 g/mol. The van der Waals surface area contributed by atoms with Gasteiger partial charge < -0.3 is 21.8 Å². The molecule has 8 heteroatoms. The van der Waals surface area contributed by atoms with Crippen LogP contribution in [-0.4, -0.2) is 21.7 Å². The number of nitrogen functional groups attached to an aromatic ring is 1. The van der Waals surface area contributed by atoms with Crippen molar-refractivity contribution in [2.75, 3.05) is 5.32 Å². The minimum atomic E-state index is -0.543. The minimum absolute atomic E-state index is 0.0235. The number of aromatic nitrogens is 2. The van der Waals surface area contributed by atoms with Gasteiger partial charge in [-0.05, 0) is 60.0 Å². The van der Waals surface area contributed by atoms with Crippen LogP contribution >= 0.6 is 0 Å². The van der Waals surface area contributed by atoms with Crippen molar-refractivity contribution < 1.29 is 9.18 Å². The summed E-state index contributed by atoms with van der Waals surface area (Å²) in [6.07, 6.45) is 2.38. The molecule has 0 fully saturated rings. The van der Waals surface area contributed by atoms with E-state index in [4.69, 9.17) is 21.9 Å². The van der Waals surface area contributed by atoms with E-state index in [1.165, 1.54) is 12.1 Å². The number of halogens is 1. The minimum Gasteiger partial charge on any atom is -0.384 e. The molecule has 1 amide bonds. The van der Waals surface area contributed by atoms with Gasteiger partial charge in [-0.25, -0.2) is 9.37 Å². The summed E-state index contributed by atoms with van der Waals surface area (Å²) in [5.74, 6) is -0.362. The molecule has 4 aromatic rings. The molecule has 34 heavy (non-hydrogen) atoms. The van der Waals surface area contributed by atoms with Crippen molar-refractivity contribution in [3.63, 3.8) is 0 Å². The normalized spacial score (nSPS) is 11.7. The number of nitrogens with two attached hydrogens (primary N) is 2. The second kappa shape index (κ2) is 9.58. The molecule has 0 aliphatic heterocycles. The highest BCUT2D eigenvalue weighted by molar-refractivity contribution is 5.99. The summed E-state index contributed by atoms with van der Waals surface area (Å²) >= 11 is 0. The summed E-state index contributed by atoms with van der Waals surface area (Å²) in [5.41, 5.74) is 15.5. The number of carbonyl (C=O) groups is 1. The van der Waals surface area contributed by atoms with Gasteiger partial charge in [0.05, 0.1) is 5.69 Å². The Labute approximate surface area is 196 Å². The molecule has 0 saturated heterocycles.